The molecule has 0 aliphatic carbocycles. The van der Waals surface area contributed by atoms with Crippen molar-refractivity contribution in [1.82, 2.24) is 10.6 Å². The Morgan fingerprint density at radius 3 is 2.52 bits per heavy atom. The van der Waals surface area contributed by atoms with Crippen LogP contribution in [-0.2, 0) is 21.8 Å². The van der Waals surface area contributed by atoms with Crippen LogP contribution in [0.25, 0.3) is 0 Å². The standard InChI is InChI=1S/C17H26FN3O2S.HI/c1-17(2,3)23-15(22)10-21-16(19-4)20-9-12-6-7-14(18)8-13(12)11-24-5;/h6-8H,9-11H2,1-5H3,(H2,19,20,21);1H. The van der Waals surface area contributed by atoms with E-state index in [1.807, 2.05) is 27.0 Å². The predicted octanol–water partition coefficient (Wildman–Crippen LogP) is 3.31. The number of hydrogen-bond acceptors (Lipinski definition) is 4. The lowest BCUT2D eigenvalue weighted by Gasteiger charge is -2.20. The van der Waals surface area contributed by atoms with Gasteiger partial charge in [-0.3, -0.25) is 9.79 Å². The van der Waals surface area contributed by atoms with Crippen LogP contribution in [-0.4, -0.2) is 37.4 Å². The Hall–Kier alpha value is -1.03. The molecule has 0 saturated carbocycles. The van der Waals surface area contributed by atoms with Gasteiger partial charge in [-0.15, -0.1) is 24.0 Å². The second kappa shape index (κ2) is 11.6. The van der Waals surface area contributed by atoms with Gasteiger partial charge in [0.15, 0.2) is 5.96 Å². The van der Waals surface area contributed by atoms with E-state index in [2.05, 4.69) is 15.6 Å². The quantitative estimate of drug-likeness (QED) is 0.282. The SMILES string of the molecule is CN=C(NCC(=O)OC(C)(C)C)NCc1ccc(F)cc1CSC.I. The average Bonchev–Trinajstić information content (AvgIpc) is 2.47. The Labute approximate surface area is 170 Å². The first-order valence-corrected chi connectivity index (χ1v) is 9.07. The third-order valence-corrected chi connectivity index (χ3v) is 3.56. The van der Waals surface area contributed by atoms with E-state index in [4.69, 9.17) is 4.74 Å². The molecule has 2 N–H and O–H groups in total. The molecule has 0 heterocycles. The first-order valence-electron chi connectivity index (χ1n) is 7.67. The molecule has 0 aliphatic rings. The van der Waals surface area contributed by atoms with Gasteiger partial charge in [-0.25, -0.2) is 4.39 Å². The van der Waals surface area contributed by atoms with Crippen molar-refractivity contribution in [3.05, 3.63) is 35.1 Å². The van der Waals surface area contributed by atoms with E-state index < -0.39 is 5.60 Å². The van der Waals surface area contributed by atoms with Crippen LogP contribution in [0.5, 0.6) is 0 Å². The molecule has 0 aromatic heterocycles. The van der Waals surface area contributed by atoms with Crippen molar-refractivity contribution in [3.8, 4) is 0 Å². The molecule has 5 nitrogen and oxygen atoms in total. The van der Waals surface area contributed by atoms with Crippen LogP contribution in [0.4, 0.5) is 4.39 Å². The van der Waals surface area contributed by atoms with Gasteiger partial charge in [0.2, 0.25) is 0 Å². The molecule has 1 aromatic carbocycles. The largest absolute Gasteiger partial charge is 0.459 e. The molecule has 0 unspecified atom stereocenters. The summed E-state index contributed by atoms with van der Waals surface area (Å²) in [5, 5.41) is 6.03. The minimum Gasteiger partial charge on any atom is -0.459 e. The minimum absolute atomic E-state index is 0. The summed E-state index contributed by atoms with van der Waals surface area (Å²) in [6.45, 7) is 5.97. The van der Waals surface area contributed by atoms with Crippen molar-refractivity contribution in [2.75, 3.05) is 19.8 Å². The van der Waals surface area contributed by atoms with Crippen molar-refractivity contribution in [3.63, 3.8) is 0 Å². The average molecular weight is 483 g/mol. The van der Waals surface area contributed by atoms with Gasteiger partial charge in [-0.05, 0) is 50.3 Å². The number of carbonyl (C=O) groups excluding carboxylic acids is 1. The molecule has 0 bridgehead atoms. The van der Waals surface area contributed by atoms with E-state index in [1.165, 1.54) is 6.07 Å². The van der Waals surface area contributed by atoms with Gasteiger partial charge >= 0.3 is 5.97 Å². The van der Waals surface area contributed by atoms with Crippen molar-refractivity contribution in [2.24, 2.45) is 4.99 Å². The van der Waals surface area contributed by atoms with E-state index in [-0.39, 0.29) is 42.3 Å². The topological polar surface area (TPSA) is 62.7 Å². The zero-order valence-electron chi connectivity index (χ0n) is 15.3. The molecule has 0 saturated heterocycles. The van der Waals surface area contributed by atoms with Crippen LogP contribution in [0.2, 0.25) is 0 Å². The minimum atomic E-state index is -0.517. The Bertz CT molecular complexity index is 592. The summed E-state index contributed by atoms with van der Waals surface area (Å²) in [6.07, 6.45) is 1.98. The molecule has 142 valence electrons. The number of benzene rings is 1. The van der Waals surface area contributed by atoms with Gasteiger partial charge in [0, 0.05) is 19.3 Å². The molecule has 0 atom stereocenters. The number of rotatable bonds is 6. The Morgan fingerprint density at radius 1 is 1.28 bits per heavy atom. The molecule has 1 aromatic rings. The first-order chi connectivity index (χ1) is 11.2. The summed E-state index contributed by atoms with van der Waals surface area (Å²) in [4.78, 5) is 15.8. The summed E-state index contributed by atoms with van der Waals surface area (Å²) in [7, 11) is 1.62. The number of guanidine groups is 1. The van der Waals surface area contributed by atoms with Crippen LogP contribution < -0.4 is 10.6 Å². The third kappa shape index (κ3) is 9.88. The normalized spacial score (nSPS) is 11.5. The van der Waals surface area contributed by atoms with Crippen LogP contribution in [0.3, 0.4) is 0 Å². The number of carbonyl (C=O) groups is 1. The molecule has 8 heteroatoms. The van der Waals surface area contributed by atoms with Crippen molar-refractivity contribution in [2.45, 2.75) is 38.7 Å². The van der Waals surface area contributed by atoms with Gasteiger partial charge in [0.1, 0.15) is 18.0 Å². The van der Waals surface area contributed by atoms with E-state index in [0.717, 1.165) is 16.9 Å². The molecule has 0 fully saturated rings. The Kier molecular flexibility index (Phi) is 11.1. The highest BCUT2D eigenvalue weighted by Crippen LogP contribution is 2.16. The zero-order valence-corrected chi connectivity index (χ0v) is 18.5. The lowest BCUT2D eigenvalue weighted by molar-refractivity contribution is -0.153. The number of esters is 1. The zero-order chi connectivity index (χ0) is 18.2. The van der Waals surface area contributed by atoms with Gasteiger partial charge in [0.25, 0.3) is 0 Å². The first kappa shape index (κ1) is 24.0. The molecular formula is C17H27FIN3O2S. The van der Waals surface area contributed by atoms with Crippen LogP contribution in [0.15, 0.2) is 23.2 Å². The van der Waals surface area contributed by atoms with Gasteiger partial charge in [-0.1, -0.05) is 6.07 Å². The summed E-state index contributed by atoms with van der Waals surface area (Å²) in [5.41, 5.74) is 1.42. The molecule has 0 radical (unpaired) electrons. The number of ether oxygens (including phenoxy) is 1. The van der Waals surface area contributed by atoms with E-state index >= 15 is 0 Å². The lowest BCUT2D eigenvalue weighted by Crippen LogP contribution is -2.41. The highest BCUT2D eigenvalue weighted by atomic mass is 127. The number of aliphatic imine (C=N–C) groups is 1. The fraction of sp³-hybridized carbons (Fsp3) is 0.529. The van der Waals surface area contributed by atoms with E-state index in [9.17, 15) is 9.18 Å². The molecule has 25 heavy (non-hydrogen) atoms. The lowest BCUT2D eigenvalue weighted by atomic mass is 10.1. The maximum Gasteiger partial charge on any atom is 0.325 e. The molecule has 0 aliphatic heterocycles. The summed E-state index contributed by atoms with van der Waals surface area (Å²) >= 11 is 1.64. The smallest absolute Gasteiger partial charge is 0.325 e. The molecule has 0 spiro atoms. The Morgan fingerprint density at radius 2 is 1.96 bits per heavy atom. The van der Waals surface area contributed by atoms with Crippen molar-refractivity contribution in [1.29, 1.82) is 0 Å². The highest BCUT2D eigenvalue weighted by molar-refractivity contribution is 14.0. The monoisotopic (exact) mass is 483 g/mol. The number of hydrogen-bond donors (Lipinski definition) is 2. The summed E-state index contributed by atoms with van der Waals surface area (Å²) in [6, 6.07) is 4.75. The van der Waals surface area contributed by atoms with Crippen molar-refractivity contribution < 1.29 is 13.9 Å². The fourth-order valence-electron chi connectivity index (χ4n) is 1.99. The number of nitrogens with zero attached hydrogens (tertiary/aromatic N) is 1. The fourth-order valence-corrected chi connectivity index (χ4v) is 2.57. The maximum absolute atomic E-state index is 13.4. The summed E-state index contributed by atoms with van der Waals surface area (Å²) < 4.78 is 18.6. The van der Waals surface area contributed by atoms with Gasteiger partial charge < -0.3 is 15.4 Å². The van der Waals surface area contributed by atoms with Crippen LogP contribution in [0.1, 0.15) is 31.9 Å². The second-order valence-electron chi connectivity index (χ2n) is 6.21. The predicted molar refractivity (Wildman–Crippen MR) is 113 cm³/mol. The third-order valence-electron chi connectivity index (χ3n) is 2.96. The maximum atomic E-state index is 13.4. The molecular weight excluding hydrogens is 456 g/mol. The second-order valence-corrected chi connectivity index (χ2v) is 7.08. The number of nitrogens with one attached hydrogen (secondary N) is 2. The van der Waals surface area contributed by atoms with E-state index in [1.54, 1.807) is 30.9 Å². The van der Waals surface area contributed by atoms with Crippen LogP contribution in [0, 0.1) is 5.82 Å². The number of thioether (sulfide) groups is 1. The van der Waals surface area contributed by atoms with Gasteiger partial charge in [0.05, 0.1) is 0 Å². The summed E-state index contributed by atoms with van der Waals surface area (Å²) in [5.74, 6) is 0.629. The number of halogens is 2. The molecule has 1 rings (SSSR count). The molecule has 0 amide bonds. The Balaban J connectivity index is 0.00000576. The van der Waals surface area contributed by atoms with Crippen LogP contribution >= 0.6 is 35.7 Å². The van der Waals surface area contributed by atoms with Crippen molar-refractivity contribution >= 4 is 47.7 Å². The van der Waals surface area contributed by atoms with E-state index in [0.29, 0.717) is 12.5 Å². The van der Waals surface area contributed by atoms with Gasteiger partial charge in [-0.2, -0.15) is 11.8 Å². The highest BCUT2D eigenvalue weighted by Gasteiger charge is 2.16.